The molecule has 3 aromatic heterocycles. The number of carbonyl (C=O) groups excluding carboxylic acids is 2. The Hall–Kier alpha value is -3.46. The number of ether oxygens (including phenoxy) is 1. The first-order valence-electron chi connectivity index (χ1n) is 8.72. The number of benzene rings is 1. The molecule has 9 heteroatoms. The van der Waals surface area contributed by atoms with Gasteiger partial charge in [-0.15, -0.1) is 11.3 Å². The maximum atomic E-state index is 13.2. The zero-order valence-electron chi connectivity index (χ0n) is 15.3. The first-order chi connectivity index (χ1) is 14.0. The number of thiophene rings is 1. The number of furan rings is 1. The third-order valence-corrected chi connectivity index (χ3v) is 5.28. The second kappa shape index (κ2) is 7.88. The maximum Gasteiger partial charge on any atom is 0.348 e. The van der Waals surface area contributed by atoms with Crippen LogP contribution in [-0.4, -0.2) is 28.3 Å². The van der Waals surface area contributed by atoms with Crippen molar-refractivity contribution in [3.05, 3.63) is 70.9 Å². The molecule has 0 unspecified atom stereocenters. The number of amides is 1. The SMILES string of the molecule is Cc1nn(-c2ccc(F)cc2)c2sc(C(=O)OCC(=O)NCc3ccco3)cc12. The standard InChI is InChI=1S/C20H16FN3O4S/c1-12-16-9-17(20(26)28-11-18(25)22-10-15-3-2-8-27-15)29-19(16)24(23-12)14-6-4-13(21)5-7-14/h2-9H,10-11H2,1H3,(H,22,25). The van der Waals surface area contributed by atoms with Crippen LogP contribution >= 0.6 is 11.3 Å². The normalized spacial score (nSPS) is 11.0. The fraction of sp³-hybridized carbons (Fsp3) is 0.150. The summed E-state index contributed by atoms with van der Waals surface area (Å²) in [5, 5.41) is 7.86. The summed E-state index contributed by atoms with van der Waals surface area (Å²) in [5.74, 6) is -0.751. The molecule has 0 fully saturated rings. The average molecular weight is 413 g/mol. The van der Waals surface area contributed by atoms with Crippen molar-refractivity contribution < 1.29 is 23.1 Å². The van der Waals surface area contributed by atoms with E-state index in [1.807, 2.05) is 6.92 Å². The molecule has 0 spiro atoms. The number of aryl methyl sites for hydroxylation is 1. The van der Waals surface area contributed by atoms with Crippen molar-refractivity contribution in [3.8, 4) is 5.69 Å². The van der Waals surface area contributed by atoms with Gasteiger partial charge in [0.25, 0.3) is 5.91 Å². The van der Waals surface area contributed by atoms with Crippen LogP contribution in [0, 0.1) is 12.7 Å². The maximum absolute atomic E-state index is 13.2. The van der Waals surface area contributed by atoms with Crippen LogP contribution in [0.25, 0.3) is 15.9 Å². The molecule has 0 bridgehead atoms. The Labute approximate surface area is 168 Å². The highest BCUT2D eigenvalue weighted by Crippen LogP contribution is 2.30. The van der Waals surface area contributed by atoms with Crippen molar-refractivity contribution in [3.63, 3.8) is 0 Å². The highest BCUT2D eigenvalue weighted by Gasteiger charge is 2.19. The topological polar surface area (TPSA) is 86.4 Å². The molecule has 1 aromatic carbocycles. The highest BCUT2D eigenvalue weighted by molar-refractivity contribution is 7.20. The van der Waals surface area contributed by atoms with E-state index >= 15 is 0 Å². The molecule has 1 N–H and O–H groups in total. The van der Waals surface area contributed by atoms with Gasteiger partial charge in [-0.25, -0.2) is 13.9 Å². The molecular formula is C20H16FN3O4S. The molecule has 3 heterocycles. The van der Waals surface area contributed by atoms with Gasteiger partial charge < -0.3 is 14.5 Å². The van der Waals surface area contributed by atoms with Gasteiger partial charge in [0.05, 0.1) is 24.2 Å². The van der Waals surface area contributed by atoms with Crippen LogP contribution in [0.5, 0.6) is 0 Å². The lowest BCUT2D eigenvalue weighted by Gasteiger charge is -2.04. The van der Waals surface area contributed by atoms with Crippen molar-refractivity contribution in [2.45, 2.75) is 13.5 Å². The molecule has 0 radical (unpaired) electrons. The van der Waals surface area contributed by atoms with E-state index in [1.165, 1.54) is 29.7 Å². The number of nitrogens with one attached hydrogen (secondary N) is 1. The molecule has 0 aliphatic heterocycles. The van der Waals surface area contributed by atoms with E-state index in [2.05, 4.69) is 10.4 Å². The third kappa shape index (κ3) is 4.04. The molecule has 4 aromatic rings. The monoisotopic (exact) mass is 413 g/mol. The van der Waals surface area contributed by atoms with Crippen LogP contribution in [0.2, 0.25) is 0 Å². The van der Waals surface area contributed by atoms with Crippen LogP contribution in [0.3, 0.4) is 0 Å². The lowest BCUT2D eigenvalue weighted by molar-refractivity contribution is -0.124. The van der Waals surface area contributed by atoms with Crippen LogP contribution in [-0.2, 0) is 16.1 Å². The molecule has 0 atom stereocenters. The van der Waals surface area contributed by atoms with Crippen LogP contribution in [0.1, 0.15) is 21.1 Å². The predicted molar refractivity (Wildman–Crippen MR) is 104 cm³/mol. The number of aromatic nitrogens is 2. The molecule has 0 saturated carbocycles. The van der Waals surface area contributed by atoms with Crippen molar-refractivity contribution >= 4 is 33.4 Å². The number of halogens is 1. The van der Waals surface area contributed by atoms with Gasteiger partial charge in [-0.2, -0.15) is 5.10 Å². The van der Waals surface area contributed by atoms with Gasteiger partial charge in [-0.1, -0.05) is 0 Å². The summed E-state index contributed by atoms with van der Waals surface area (Å²) in [6.45, 7) is 1.65. The summed E-state index contributed by atoms with van der Waals surface area (Å²) in [5.41, 5.74) is 1.42. The number of esters is 1. The zero-order chi connectivity index (χ0) is 20.4. The lowest BCUT2D eigenvalue weighted by Crippen LogP contribution is -2.28. The summed E-state index contributed by atoms with van der Waals surface area (Å²) >= 11 is 1.20. The molecule has 0 aliphatic carbocycles. The Kier molecular flexibility index (Phi) is 5.13. The third-order valence-electron chi connectivity index (χ3n) is 4.19. The Morgan fingerprint density at radius 3 is 2.79 bits per heavy atom. The van der Waals surface area contributed by atoms with Gasteiger partial charge in [0.15, 0.2) is 6.61 Å². The van der Waals surface area contributed by atoms with E-state index in [-0.39, 0.29) is 12.4 Å². The first kappa shape index (κ1) is 18.9. The number of hydrogen-bond donors (Lipinski definition) is 1. The van der Waals surface area contributed by atoms with Gasteiger partial charge in [0.2, 0.25) is 0 Å². The Morgan fingerprint density at radius 1 is 1.28 bits per heavy atom. The summed E-state index contributed by atoms with van der Waals surface area (Å²) in [7, 11) is 0. The Bertz CT molecular complexity index is 1160. The van der Waals surface area contributed by atoms with E-state index in [4.69, 9.17) is 9.15 Å². The van der Waals surface area contributed by atoms with Gasteiger partial charge in [0.1, 0.15) is 21.3 Å². The van der Waals surface area contributed by atoms with Gasteiger partial charge >= 0.3 is 5.97 Å². The van der Waals surface area contributed by atoms with Crippen molar-refractivity contribution in [2.24, 2.45) is 0 Å². The smallest absolute Gasteiger partial charge is 0.348 e. The number of hydrogen-bond acceptors (Lipinski definition) is 6. The minimum atomic E-state index is -0.593. The number of fused-ring (bicyclic) bond motifs is 1. The van der Waals surface area contributed by atoms with E-state index in [9.17, 15) is 14.0 Å². The number of carbonyl (C=O) groups is 2. The van der Waals surface area contributed by atoms with Crippen LogP contribution < -0.4 is 5.32 Å². The second-order valence-corrected chi connectivity index (χ2v) is 7.27. The van der Waals surface area contributed by atoms with E-state index in [0.29, 0.717) is 16.3 Å². The highest BCUT2D eigenvalue weighted by atomic mass is 32.1. The quantitative estimate of drug-likeness (QED) is 0.488. The van der Waals surface area contributed by atoms with E-state index in [1.54, 1.807) is 35.0 Å². The first-order valence-corrected chi connectivity index (χ1v) is 9.54. The minimum absolute atomic E-state index is 0.221. The zero-order valence-corrected chi connectivity index (χ0v) is 16.2. The summed E-state index contributed by atoms with van der Waals surface area (Å²) < 4.78 is 25.1. The molecule has 4 rings (SSSR count). The molecule has 0 aliphatic rings. The second-order valence-electron chi connectivity index (χ2n) is 6.24. The molecule has 1 amide bonds. The predicted octanol–water partition coefficient (Wildman–Crippen LogP) is 3.60. The molecule has 29 heavy (non-hydrogen) atoms. The van der Waals surface area contributed by atoms with Gasteiger partial charge in [-0.3, -0.25) is 4.79 Å². The fourth-order valence-corrected chi connectivity index (χ4v) is 3.83. The van der Waals surface area contributed by atoms with Crippen LogP contribution in [0.15, 0.2) is 53.1 Å². The van der Waals surface area contributed by atoms with Gasteiger partial charge in [-0.05, 0) is 49.4 Å². The molecule has 7 nitrogen and oxygen atoms in total. The van der Waals surface area contributed by atoms with Gasteiger partial charge in [0, 0.05) is 5.39 Å². The molecule has 148 valence electrons. The lowest BCUT2D eigenvalue weighted by atomic mass is 10.3. The molecule has 0 saturated heterocycles. The molecular weight excluding hydrogens is 397 g/mol. The minimum Gasteiger partial charge on any atom is -0.467 e. The Balaban J connectivity index is 1.45. The van der Waals surface area contributed by atoms with Crippen LogP contribution in [0.4, 0.5) is 4.39 Å². The van der Waals surface area contributed by atoms with E-state index in [0.717, 1.165) is 15.9 Å². The largest absolute Gasteiger partial charge is 0.467 e. The number of nitrogens with zero attached hydrogens (tertiary/aromatic N) is 2. The fourth-order valence-electron chi connectivity index (χ4n) is 2.76. The summed E-state index contributed by atoms with van der Waals surface area (Å²) in [6, 6.07) is 11.1. The number of rotatable bonds is 6. The van der Waals surface area contributed by atoms with E-state index < -0.39 is 18.5 Å². The van der Waals surface area contributed by atoms with Crippen molar-refractivity contribution in [1.29, 1.82) is 0 Å². The Morgan fingerprint density at radius 2 is 2.07 bits per heavy atom. The summed E-state index contributed by atoms with van der Waals surface area (Å²) in [6.07, 6.45) is 1.51. The summed E-state index contributed by atoms with van der Waals surface area (Å²) in [4.78, 5) is 25.3. The van der Waals surface area contributed by atoms with Crippen molar-refractivity contribution in [1.82, 2.24) is 15.1 Å². The average Bonchev–Trinajstić information content (AvgIpc) is 3.44. The van der Waals surface area contributed by atoms with Crippen molar-refractivity contribution in [2.75, 3.05) is 6.61 Å².